The average molecular weight is 207 g/mol. The number of amides is 1. The summed E-state index contributed by atoms with van der Waals surface area (Å²) in [5.41, 5.74) is 7.05. The first-order valence-electron chi connectivity index (χ1n) is 5.22. The molecule has 3 N–H and O–H groups in total. The van der Waals surface area contributed by atoms with Crippen molar-refractivity contribution >= 4 is 11.7 Å². The lowest BCUT2D eigenvalue weighted by molar-refractivity contribution is 0.0953. The van der Waals surface area contributed by atoms with Gasteiger partial charge in [0, 0.05) is 17.8 Å². The number of nitrogens with two attached hydrogens (primary N) is 1. The number of carbonyl (C=O) groups is 1. The van der Waals surface area contributed by atoms with Crippen LogP contribution < -0.4 is 11.1 Å². The molecule has 82 valence electrons. The lowest BCUT2D eigenvalue weighted by Gasteiger charge is -2.06. The minimum atomic E-state index is -0.0827. The monoisotopic (exact) mass is 207 g/mol. The van der Waals surface area contributed by atoms with E-state index in [1.54, 1.807) is 12.1 Å². The van der Waals surface area contributed by atoms with Gasteiger partial charge in [-0.15, -0.1) is 0 Å². The van der Waals surface area contributed by atoms with Crippen LogP contribution in [0.25, 0.3) is 0 Å². The molecule has 0 saturated heterocycles. The molecular formula is C11H17N3O. The molecule has 0 atom stereocenters. The fourth-order valence-electron chi connectivity index (χ4n) is 1.26. The number of aryl methyl sites for hydroxylation is 1. The summed E-state index contributed by atoms with van der Waals surface area (Å²) in [4.78, 5) is 15.7. The predicted octanol–water partition coefficient (Wildman–Crippen LogP) is 1.37. The smallest absolute Gasteiger partial charge is 0.251 e. The van der Waals surface area contributed by atoms with Crippen LogP contribution in [0, 0.1) is 0 Å². The largest absolute Gasteiger partial charge is 0.384 e. The zero-order valence-corrected chi connectivity index (χ0v) is 9.21. The van der Waals surface area contributed by atoms with Gasteiger partial charge >= 0.3 is 0 Å². The minimum Gasteiger partial charge on any atom is -0.384 e. The van der Waals surface area contributed by atoms with E-state index in [0.29, 0.717) is 17.9 Å². The van der Waals surface area contributed by atoms with E-state index < -0.39 is 0 Å². The van der Waals surface area contributed by atoms with Crippen molar-refractivity contribution < 1.29 is 4.79 Å². The summed E-state index contributed by atoms with van der Waals surface area (Å²) < 4.78 is 0. The molecule has 0 radical (unpaired) electrons. The molecule has 4 heteroatoms. The normalized spacial score (nSPS) is 10.0. The Morgan fingerprint density at radius 3 is 2.80 bits per heavy atom. The van der Waals surface area contributed by atoms with Gasteiger partial charge in [0.1, 0.15) is 5.82 Å². The van der Waals surface area contributed by atoms with E-state index in [0.717, 1.165) is 18.5 Å². The maximum Gasteiger partial charge on any atom is 0.251 e. The number of nitrogens with one attached hydrogen (secondary N) is 1. The second-order valence-corrected chi connectivity index (χ2v) is 3.38. The first-order valence-corrected chi connectivity index (χ1v) is 5.22. The van der Waals surface area contributed by atoms with Gasteiger partial charge in [0.2, 0.25) is 0 Å². The number of aromatic nitrogens is 1. The quantitative estimate of drug-likeness (QED) is 0.783. The molecule has 0 aliphatic rings. The molecule has 1 aromatic heterocycles. The summed E-state index contributed by atoms with van der Waals surface area (Å²) in [7, 11) is 0. The Morgan fingerprint density at radius 2 is 2.20 bits per heavy atom. The molecule has 1 amide bonds. The zero-order chi connectivity index (χ0) is 11.3. The van der Waals surface area contributed by atoms with Gasteiger partial charge in [-0.25, -0.2) is 4.98 Å². The topological polar surface area (TPSA) is 68.0 Å². The standard InChI is InChI=1S/C11H17N3O/c1-3-5-13-11(15)8-6-9(4-2)14-10(12)7-8/h6-7H,3-5H2,1-2H3,(H2,12,14)(H,13,15). The van der Waals surface area contributed by atoms with E-state index in [1.165, 1.54) is 0 Å². The Balaban J connectivity index is 2.83. The van der Waals surface area contributed by atoms with Crippen LogP contribution in [0.3, 0.4) is 0 Å². The van der Waals surface area contributed by atoms with E-state index in [1.807, 2.05) is 13.8 Å². The molecule has 0 aliphatic heterocycles. The maximum atomic E-state index is 11.6. The molecule has 1 rings (SSSR count). The number of anilines is 1. The second kappa shape index (κ2) is 5.34. The predicted molar refractivity (Wildman–Crippen MR) is 60.7 cm³/mol. The summed E-state index contributed by atoms with van der Waals surface area (Å²) in [5.74, 6) is 0.316. The SMILES string of the molecule is CCCNC(=O)c1cc(N)nc(CC)c1. The Labute approximate surface area is 89.9 Å². The van der Waals surface area contributed by atoms with E-state index >= 15 is 0 Å². The van der Waals surface area contributed by atoms with Crippen LogP contribution in [0.4, 0.5) is 5.82 Å². The van der Waals surface area contributed by atoms with E-state index in [4.69, 9.17) is 5.73 Å². The minimum absolute atomic E-state index is 0.0827. The number of rotatable bonds is 4. The summed E-state index contributed by atoms with van der Waals surface area (Å²) in [5, 5.41) is 2.80. The van der Waals surface area contributed by atoms with Crippen LogP contribution in [-0.4, -0.2) is 17.4 Å². The van der Waals surface area contributed by atoms with Crippen molar-refractivity contribution in [3.63, 3.8) is 0 Å². The van der Waals surface area contributed by atoms with Crippen molar-refractivity contribution in [2.75, 3.05) is 12.3 Å². The highest BCUT2D eigenvalue weighted by molar-refractivity contribution is 5.94. The highest BCUT2D eigenvalue weighted by Gasteiger charge is 2.07. The van der Waals surface area contributed by atoms with Gasteiger partial charge in [0.05, 0.1) is 0 Å². The van der Waals surface area contributed by atoms with Crippen LogP contribution in [0.5, 0.6) is 0 Å². The molecule has 1 heterocycles. The van der Waals surface area contributed by atoms with Crippen molar-refractivity contribution in [3.8, 4) is 0 Å². The van der Waals surface area contributed by atoms with Crippen LogP contribution in [0.1, 0.15) is 36.3 Å². The number of hydrogen-bond donors (Lipinski definition) is 2. The summed E-state index contributed by atoms with van der Waals surface area (Å²) >= 11 is 0. The first kappa shape index (κ1) is 11.5. The van der Waals surface area contributed by atoms with Gasteiger partial charge in [0.15, 0.2) is 0 Å². The molecule has 0 unspecified atom stereocenters. The lowest BCUT2D eigenvalue weighted by Crippen LogP contribution is -2.24. The number of carbonyl (C=O) groups excluding carboxylic acids is 1. The highest BCUT2D eigenvalue weighted by atomic mass is 16.1. The number of hydrogen-bond acceptors (Lipinski definition) is 3. The molecule has 0 aliphatic carbocycles. The average Bonchev–Trinajstić information content (AvgIpc) is 2.24. The van der Waals surface area contributed by atoms with Crippen molar-refractivity contribution in [1.82, 2.24) is 10.3 Å². The molecule has 0 fully saturated rings. The van der Waals surface area contributed by atoms with Gasteiger partial charge in [-0.05, 0) is 25.0 Å². The summed E-state index contributed by atoms with van der Waals surface area (Å²) in [6.45, 7) is 4.68. The molecule has 0 bridgehead atoms. The van der Waals surface area contributed by atoms with E-state index in [-0.39, 0.29) is 5.91 Å². The third kappa shape index (κ3) is 3.23. The van der Waals surface area contributed by atoms with Gasteiger partial charge < -0.3 is 11.1 Å². The Bertz CT molecular complexity index is 350. The van der Waals surface area contributed by atoms with Crippen LogP contribution >= 0.6 is 0 Å². The van der Waals surface area contributed by atoms with Crippen molar-refractivity contribution in [2.24, 2.45) is 0 Å². The first-order chi connectivity index (χ1) is 7.17. The Morgan fingerprint density at radius 1 is 1.47 bits per heavy atom. The maximum absolute atomic E-state index is 11.6. The highest BCUT2D eigenvalue weighted by Crippen LogP contribution is 2.08. The van der Waals surface area contributed by atoms with Crippen molar-refractivity contribution in [3.05, 3.63) is 23.4 Å². The van der Waals surface area contributed by atoms with Gasteiger partial charge in [-0.2, -0.15) is 0 Å². The van der Waals surface area contributed by atoms with Crippen molar-refractivity contribution in [1.29, 1.82) is 0 Å². The molecule has 0 spiro atoms. The fraction of sp³-hybridized carbons (Fsp3) is 0.455. The molecular weight excluding hydrogens is 190 g/mol. The third-order valence-electron chi connectivity index (χ3n) is 2.06. The van der Waals surface area contributed by atoms with Gasteiger partial charge in [-0.3, -0.25) is 4.79 Å². The number of nitrogens with zero attached hydrogens (tertiary/aromatic N) is 1. The van der Waals surface area contributed by atoms with E-state index in [2.05, 4.69) is 10.3 Å². The number of pyridine rings is 1. The van der Waals surface area contributed by atoms with Crippen LogP contribution in [0.15, 0.2) is 12.1 Å². The van der Waals surface area contributed by atoms with Crippen LogP contribution in [-0.2, 0) is 6.42 Å². The molecule has 0 aromatic carbocycles. The molecule has 0 saturated carbocycles. The number of nitrogen functional groups attached to an aromatic ring is 1. The second-order valence-electron chi connectivity index (χ2n) is 3.38. The third-order valence-corrected chi connectivity index (χ3v) is 2.06. The molecule has 15 heavy (non-hydrogen) atoms. The van der Waals surface area contributed by atoms with Gasteiger partial charge in [-0.1, -0.05) is 13.8 Å². The molecule has 4 nitrogen and oxygen atoms in total. The summed E-state index contributed by atoms with van der Waals surface area (Å²) in [6.07, 6.45) is 1.70. The molecule has 1 aromatic rings. The zero-order valence-electron chi connectivity index (χ0n) is 9.21. The summed E-state index contributed by atoms with van der Waals surface area (Å²) in [6, 6.07) is 3.38. The Hall–Kier alpha value is -1.58. The van der Waals surface area contributed by atoms with Gasteiger partial charge in [0.25, 0.3) is 5.91 Å². The lowest BCUT2D eigenvalue weighted by atomic mass is 10.2. The van der Waals surface area contributed by atoms with Crippen molar-refractivity contribution in [2.45, 2.75) is 26.7 Å². The van der Waals surface area contributed by atoms with Crippen LogP contribution in [0.2, 0.25) is 0 Å². The Kier molecular flexibility index (Phi) is 4.09. The fourth-order valence-corrected chi connectivity index (χ4v) is 1.26. The van der Waals surface area contributed by atoms with E-state index in [9.17, 15) is 4.79 Å².